The molecule has 0 saturated carbocycles. The van der Waals surface area contributed by atoms with Crippen molar-refractivity contribution in [2.24, 2.45) is 5.73 Å². The highest BCUT2D eigenvalue weighted by Gasteiger charge is 2.25. The summed E-state index contributed by atoms with van der Waals surface area (Å²) >= 11 is 0. The Balaban J connectivity index is 4.13. The van der Waals surface area contributed by atoms with Crippen molar-refractivity contribution >= 4 is 13.8 Å². The summed E-state index contributed by atoms with van der Waals surface area (Å²) in [6.07, 6.45) is 45.2. The first-order chi connectivity index (χ1) is 24.4. The fourth-order valence-electron chi connectivity index (χ4n) is 5.04. The zero-order chi connectivity index (χ0) is 36.6. The predicted molar refractivity (Wildman–Crippen MR) is 210 cm³/mol. The Morgan fingerprint density at radius 3 is 1.70 bits per heavy atom. The van der Waals surface area contributed by atoms with Gasteiger partial charge in [-0.3, -0.25) is 13.8 Å². The lowest BCUT2D eigenvalue weighted by atomic mass is 10.1. The predicted octanol–water partition coefficient (Wildman–Crippen LogP) is 11.4. The molecule has 0 fully saturated rings. The monoisotopic (exact) mass is 724 g/mol. The Morgan fingerprint density at radius 2 is 1.12 bits per heavy atom. The lowest BCUT2D eigenvalue weighted by Gasteiger charge is -2.20. The highest BCUT2D eigenvalue weighted by atomic mass is 31.2. The van der Waals surface area contributed by atoms with Crippen LogP contribution in [-0.2, 0) is 27.9 Å². The van der Waals surface area contributed by atoms with Crippen LogP contribution in [0.1, 0.15) is 155 Å². The number of phosphoric acid groups is 1. The number of esters is 1. The Bertz CT molecular complexity index is 947. The van der Waals surface area contributed by atoms with Gasteiger partial charge >= 0.3 is 13.8 Å². The second kappa shape index (κ2) is 38.4. The minimum absolute atomic E-state index is 0.0930. The fourth-order valence-corrected chi connectivity index (χ4v) is 5.80. The zero-order valence-electron chi connectivity index (χ0n) is 31.9. The molecule has 0 spiro atoms. The maximum Gasteiger partial charge on any atom is 0.472 e. The van der Waals surface area contributed by atoms with E-state index >= 15 is 0 Å². The van der Waals surface area contributed by atoms with Crippen molar-refractivity contribution in [1.29, 1.82) is 0 Å². The molecular formula is C41H74NO7P. The van der Waals surface area contributed by atoms with E-state index in [1.54, 1.807) is 0 Å². The van der Waals surface area contributed by atoms with Crippen LogP contribution in [-0.4, -0.2) is 49.9 Å². The van der Waals surface area contributed by atoms with E-state index < -0.39 is 13.9 Å². The number of allylic oxidation sites excluding steroid dienone is 10. The van der Waals surface area contributed by atoms with Gasteiger partial charge in [0.15, 0.2) is 0 Å². The van der Waals surface area contributed by atoms with Gasteiger partial charge in [0.25, 0.3) is 0 Å². The molecule has 0 bridgehead atoms. The number of carbonyl (C=O) groups excluding carboxylic acids is 1. The molecule has 9 heteroatoms. The Labute approximate surface area is 306 Å². The molecule has 2 unspecified atom stereocenters. The molecule has 8 nitrogen and oxygen atoms in total. The number of hydrogen-bond acceptors (Lipinski definition) is 7. The SMILES string of the molecule is CC/C=C\C/C=C\C/C=C\C/C=C\CCCCCCCOCC(COP(=O)(O)OCCN)OC(=O)CCCCCCC/C=C\CCCCCC. The minimum Gasteiger partial charge on any atom is -0.457 e. The lowest BCUT2D eigenvalue weighted by molar-refractivity contribution is -0.154. The highest BCUT2D eigenvalue weighted by Crippen LogP contribution is 2.43. The number of carbonyl (C=O) groups is 1. The Kier molecular flexibility index (Phi) is 37.0. The summed E-state index contributed by atoms with van der Waals surface area (Å²) in [6.45, 7) is 4.72. The smallest absolute Gasteiger partial charge is 0.457 e. The average Bonchev–Trinajstić information content (AvgIpc) is 3.10. The molecule has 0 aliphatic rings. The summed E-state index contributed by atoms with van der Waals surface area (Å²) in [5.74, 6) is -0.350. The molecule has 0 heterocycles. The van der Waals surface area contributed by atoms with E-state index in [0.717, 1.165) is 83.5 Å². The molecule has 0 aromatic carbocycles. The second-order valence-electron chi connectivity index (χ2n) is 12.8. The van der Waals surface area contributed by atoms with Crippen LogP contribution in [0.5, 0.6) is 0 Å². The first kappa shape index (κ1) is 48.2. The van der Waals surface area contributed by atoms with Crippen molar-refractivity contribution in [3.8, 4) is 0 Å². The van der Waals surface area contributed by atoms with Crippen LogP contribution in [0.15, 0.2) is 60.8 Å². The Hall–Kier alpha value is -1.80. The Morgan fingerprint density at radius 1 is 0.620 bits per heavy atom. The number of rotatable bonds is 37. The van der Waals surface area contributed by atoms with Crippen LogP contribution in [0.2, 0.25) is 0 Å². The molecule has 0 rings (SSSR count). The molecule has 3 N–H and O–H groups in total. The maximum atomic E-state index is 12.5. The van der Waals surface area contributed by atoms with Gasteiger partial charge in [0.05, 0.1) is 19.8 Å². The molecule has 2 atom stereocenters. The van der Waals surface area contributed by atoms with Crippen LogP contribution < -0.4 is 5.73 Å². The van der Waals surface area contributed by atoms with Crippen molar-refractivity contribution in [3.63, 3.8) is 0 Å². The molecule has 0 aliphatic heterocycles. The van der Waals surface area contributed by atoms with Crippen molar-refractivity contribution in [3.05, 3.63) is 60.8 Å². The van der Waals surface area contributed by atoms with Crippen LogP contribution in [0.3, 0.4) is 0 Å². The van der Waals surface area contributed by atoms with E-state index in [1.807, 2.05) is 0 Å². The van der Waals surface area contributed by atoms with E-state index in [0.29, 0.717) is 13.0 Å². The van der Waals surface area contributed by atoms with Crippen molar-refractivity contribution in [2.75, 3.05) is 33.0 Å². The van der Waals surface area contributed by atoms with Gasteiger partial charge in [-0.15, -0.1) is 0 Å². The molecule has 0 aliphatic carbocycles. The van der Waals surface area contributed by atoms with Gasteiger partial charge < -0.3 is 20.1 Å². The van der Waals surface area contributed by atoms with Crippen molar-refractivity contribution in [1.82, 2.24) is 0 Å². The van der Waals surface area contributed by atoms with E-state index in [2.05, 4.69) is 74.6 Å². The van der Waals surface area contributed by atoms with Crippen molar-refractivity contribution < 1.29 is 32.8 Å². The minimum atomic E-state index is -4.28. The summed E-state index contributed by atoms with van der Waals surface area (Å²) in [7, 11) is -4.28. The summed E-state index contributed by atoms with van der Waals surface area (Å²) < 4.78 is 33.3. The quantitative estimate of drug-likeness (QED) is 0.0281. The van der Waals surface area contributed by atoms with Crippen LogP contribution >= 0.6 is 7.82 Å². The molecule has 50 heavy (non-hydrogen) atoms. The topological polar surface area (TPSA) is 117 Å². The summed E-state index contributed by atoms with van der Waals surface area (Å²) in [5.41, 5.74) is 5.35. The lowest BCUT2D eigenvalue weighted by Crippen LogP contribution is -2.28. The van der Waals surface area contributed by atoms with E-state index in [-0.39, 0.29) is 32.3 Å². The van der Waals surface area contributed by atoms with Crippen LogP contribution in [0.4, 0.5) is 0 Å². The third-order valence-electron chi connectivity index (χ3n) is 7.92. The summed E-state index contributed by atoms with van der Waals surface area (Å²) in [6, 6.07) is 0. The zero-order valence-corrected chi connectivity index (χ0v) is 32.8. The number of nitrogens with two attached hydrogens (primary N) is 1. The second-order valence-corrected chi connectivity index (χ2v) is 14.2. The molecule has 0 aromatic heterocycles. The molecule has 290 valence electrons. The van der Waals surface area contributed by atoms with Gasteiger partial charge in [0.1, 0.15) is 6.10 Å². The average molecular weight is 724 g/mol. The third-order valence-corrected chi connectivity index (χ3v) is 8.90. The number of phosphoric ester groups is 1. The van der Waals surface area contributed by atoms with Gasteiger partial charge in [0, 0.05) is 19.6 Å². The summed E-state index contributed by atoms with van der Waals surface area (Å²) in [4.78, 5) is 22.4. The molecule has 0 aromatic rings. The van der Waals surface area contributed by atoms with Gasteiger partial charge in [-0.1, -0.05) is 132 Å². The molecule has 0 saturated heterocycles. The standard InChI is InChI=1S/C41H74NO7P/c1-3-5-7-9-11-13-15-17-18-19-20-21-23-25-27-29-31-33-36-46-38-40(39-48-50(44,45)47-37-35-42)49-41(43)34-32-30-28-26-24-22-16-14-12-10-8-6-4-2/h5,7,11,13-14,16-18,20-21,40H,3-4,6,8-10,12,15,19,22-39,42H2,1-2H3,(H,44,45)/b7-5-,13-11-,16-14-,18-17-,21-20-. The van der Waals surface area contributed by atoms with E-state index in [4.69, 9.17) is 24.3 Å². The third kappa shape index (κ3) is 37.5. The van der Waals surface area contributed by atoms with Gasteiger partial charge in [0.2, 0.25) is 0 Å². The number of unbranched alkanes of at least 4 members (excludes halogenated alkanes) is 14. The summed E-state index contributed by atoms with van der Waals surface area (Å²) in [5, 5.41) is 0. The normalized spacial score (nSPS) is 14.2. The van der Waals surface area contributed by atoms with Crippen LogP contribution in [0, 0.1) is 0 Å². The number of hydrogen-bond donors (Lipinski definition) is 2. The molecule has 0 radical (unpaired) electrons. The first-order valence-electron chi connectivity index (χ1n) is 19.8. The molecular weight excluding hydrogens is 649 g/mol. The van der Waals surface area contributed by atoms with Crippen LogP contribution in [0.25, 0.3) is 0 Å². The number of ether oxygens (including phenoxy) is 2. The largest absolute Gasteiger partial charge is 0.472 e. The fraction of sp³-hybridized carbons (Fsp3) is 0.732. The van der Waals surface area contributed by atoms with E-state index in [1.165, 1.54) is 51.4 Å². The van der Waals surface area contributed by atoms with Gasteiger partial charge in [-0.25, -0.2) is 4.57 Å². The van der Waals surface area contributed by atoms with Gasteiger partial charge in [-0.2, -0.15) is 0 Å². The maximum absolute atomic E-state index is 12.5. The first-order valence-corrected chi connectivity index (χ1v) is 21.3. The molecule has 0 amide bonds. The van der Waals surface area contributed by atoms with E-state index in [9.17, 15) is 14.3 Å². The highest BCUT2D eigenvalue weighted by molar-refractivity contribution is 7.47. The van der Waals surface area contributed by atoms with Crippen molar-refractivity contribution in [2.45, 2.75) is 161 Å². The van der Waals surface area contributed by atoms with Gasteiger partial charge in [-0.05, 0) is 77.0 Å².